The van der Waals surface area contributed by atoms with Crippen LogP contribution in [-0.2, 0) is 25.5 Å². The van der Waals surface area contributed by atoms with E-state index in [0.29, 0.717) is 12.0 Å². The maximum absolute atomic E-state index is 12.2. The molecule has 0 aliphatic carbocycles. The van der Waals surface area contributed by atoms with Gasteiger partial charge in [0.25, 0.3) is 11.8 Å². The minimum Gasteiger partial charge on any atom is -0.460 e. The number of ether oxygens (including phenoxy) is 1. The second-order valence-corrected chi connectivity index (χ2v) is 5.04. The lowest BCUT2D eigenvalue weighted by molar-refractivity contribution is -0.144. The average Bonchev–Trinajstić information content (AvgIpc) is 2.75. The maximum Gasteiger partial charge on any atom is 0.333 e. The Hall–Kier alpha value is -2.69. The first-order valence-electron chi connectivity index (χ1n) is 6.92. The number of amides is 2. The number of nitrogens with zero attached hydrogens (tertiary/aromatic N) is 1. The van der Waals surface area contributed by atoms with Crippen molar-refractivity contribution in [3.8, 4) is 0 Å². The smallest absolute Gasteiger partial charge is 0.333 e. The molecule has 2 rings (SSSR count). The lowest BCUT2D eigenvalue weighted by atomic mass is 10.1. The molecule has 1 heterocycles. The van der Waals surface area contributed by atoms with Crippen molar-refractivity contribution in [2.45, 2.75) is 13.3 Å². The fourth-order valence-electron chi connectivity index (χ4n) is 2.07. The summed E-state index contributed by atoms with van der Waals surface area (Å²) < 4.78 is 4.91. The Morgan fingerprint density at radius 1 is 1.23 bits per heavy atom. The normalized spacial score (nSPS) is 14.0. The minimum absolute atomic E-state index is 0.0321. The summed E-state index contributed by atoms with van der Waals surface area (Å²) in [6.07, 6.45) is 1.75. The van der Waals surface area contributed by atoms with Crippen LogP contribution in [0.25, 0.3) is 0 Å². The molecule has 1 aliphatic heterocycles. The highest BCUT2D eigenvalue weighted by molar-refractivity contribution is 6.16. The van der Waals surface area contributed by atoms with Gasteiger partial charge in [0.15, 0.2) is 0 Å². The van der Waals surface area contributed by atoms with Crippen molar-refractivity contribution in [2.24, 2.45) is 0 Å². The molecule has 0 saturated carbocycles. The van der Waals surface area contributed by atoms with Crippen LogP contribution in [0.2, 0.25) is 0 Å². The van der Waals surface area contributed by atoms with E-state index in [9.17, 15) is 14.4 Å². The second kappa shape index (κ2) is 6.85. The summed E-state index contributed by atoms with van der Waals surface area (Å²) in [5.74, 6) is -1.24. The molecule has 0 aromatic heterocycles. The highest BCUT2D eigenvalue weighted by Crippen LogP contribution is 2.17. The molecule has 0 N–H and O–H groups in total. The molecule has 2 amide bonds. The molecule has 22 heavy (non-hydrogen) atoms. The lowest BCUT2D eigenvalue weighted by Gasteiger charge is -2.14. The van der Waals surface area contributed by atoms with Crippen molar-refractivity contribution >= 4 is 17.8 Å². The van der Waals surface area contributed by atoms with Gasteiger partial charge in [-0.1, -0.05) is 36.9 Å². The summed E-state index contributed by atoms with van der Waals surface area (Å²) in [6, 6.07) is 9.45. The van der Waals surface area contributed by atoms with E-state index < -0.39 is 5.97 Å². The zero-order chi connectivity index (χ0) is 16.1. The molecule has 1 aliphatic rings. The van der Waals surface area contributed by atoms with Gasteiger partial charge in [0.2, 0.25) is 0 Å². The number of rotatable bonds is 6. The third-order valence-electron chi connectivity index (χ3n) is 3.22. The quantitative estimate of drug-likeness (QED) is 0.455. The first kappa shape index (κ1) is 15.7. The van der Waals surface area contributed by atoms with E-state index in [-0.39, 0.29) is 30.5 Å². The van der Waals surface area contributed by atoms with Gasteiger partial charge in [-0.2, -0.15) is 0 Å². The van der Waals surface area contributed by atoms with Crippen LogP contribution in [-0.4, -0.2) is 35.8 Å². The number of carbonyl (C=O) groups is 3. The van der Waals surface area contributed by atoms with E-state index in [4.69, 9.17) is 4.74 Å². The average molecular weight is 299 g/mol. The van der Waals surface area contributed by atoms with Gasteiger partial charge >= 0.3 is 5.97 Å². The number of esters is 1. The zero-order valence-electron chi connectivity index (χ0n) is 12.4. The lowest BCUT2D eigenvalue weighted by Crippen LogP contribution is -2.34. The molecule has 5 nitrogen and oxygen atoms in total. The van der Waals surface area contributed by atoms with Crippen molar-refractivity contribution in [2.75, 3.05) is 13.2 Å². The predicted molar refractivity (Wildman–Crippen MR) is 80.7 cm³/mol. The van der Waals surface area contributed by atoms with Gasteiger partial charge in [0, 0.05) is 23.6 Å². The van der Waals surface area contributed by atoms with Crippen molar-refractivity contribution in [1.82, 2.24) is 4.90 Å². The number of hydrogen-bond donors (Lipinski definition) is 0. The molecule has 0 atom stereocenters. The van der Waals surface area contributed by atoms with Crippen LogP contribution in [0.5, 0.6) is 0 Å². The van der Waals surface area contributed by atoms with Gasteiger partial charge in [-0.25, -0.2) is 4.79 Å². The summed E-state index contributed by atoms with van der Waals surface area (Å²) in [6.45, 7) is 5.01. The molecular weight excluding hydrogens is 282 g/mol. The van der Waals surface area contributed by atoms with Gasteiger partial charge in [0.1, 0.15) is 6.61 Å². The van der Waals surface area contributed by atoms with Crippen LogP contribution in [0, 0.1) is 0 Å². The van der Waals surface area contributed by atoms with E-state index in [1.807, 2.05) is 30.3 Å². The third-order valence-corrected chi connectivity index (χ3v) is 3.22. The summed E-state index contributed by atoms with van der Waals surface area (Å²) in [5.41, 5.74) is 1.69. The molecule has 1 aromatic rings. The molecule has 1 aromatic carbocycles. The van der Waals surface area contributed by atoms with Crippen LogP contribution in [0.1, 0.15) is 12.5 Å². The van der Waals surface area contributed by atoms with Gasteiger partial charge in [-0.15, -0.1) is 0 Å². The van der Waals surface area contributed by atoms with Crippen LogP contribution in [0.15, 0.2) is 54.1 Å². The molecule has 0 spiro atoms. The number of benzene rings is 1. The van der Waals surface area contributed by atoms with Crippen molar-refractivity contribution < 1.29 is 19.1 Å². The standard InChI is InChI=1S/C17H17NO4/c1-12(2)17(21)22-9-8-18-15(19)11-14(16(18)20)10-13-6-4-3-5-7-13/h3-7,11H,1,8-10H2,2H3. The van der Waals surface area contributed by atoms with Crippen molar-refractivity contribution in [3.63, 3.8) is 0 Å². The van der Waals surface area contributed by atoms with Crippen LogP contribution >= 0.6 is 0 Å². The van der Waals surface area contributed by atoms with E-state index in [1.165, 1.54) is 13.0 Å². The third kappa shape index (κ3) is 3.69. The fraction of sp³-hybridized carbons (Fsp3) is 0.235. The summed E-state index contributed by atoms with van der Waals surface area (Å²) in [5, 5.41) is 0. The molecule has 0 bridgehead atoms. The van der Waals surface area contributed by atoms with Gasteiger partial charge in [0.05, 0.1) is 6.54 Å². The van der Waals surface area contributed by atoms with E-state index in [0.717, 1.165) is 10.5 Å². The Balaban J connectivity index is 1.91. The summed E-state index contributed by atoms with van der Waals surface area (Å²) >= 11 is 0. The maximum atomic E-state index is 12.2. The first-order chi connectivity index (χ1) is 10.5. The van der Waals surface area contributed by atoms with Crippen molar-refractivity contribution in [1.29, 1.82) is 0 Å². The second-order valence-electron chi connectivity index (χ2n) is 5.04. The monoisotopic (exact) mass is 299 g/mol. The highest BCUT2D eigenvalue weighted by atomic mass is 16.5. The molecule has 5 heteroatoms. The summed E-state index contributed by atoms with van der Waals surface area (Å²) in [7, 11) is 0. The Morgan fingerprint density at radius 3 is 2.55 bits per heavy atom. The SMILES string of the molecule is C=C(C)C(=O)OCCN1C(=O)C=C(Cc2ccccc2)C1=O. The number of hydrogen-bond acceptors (Lipinski definition) is 4. The van der Waals surface area contributed by atoms with Gasteiger partial charge < -0.3 is 4.74 Å². The minimum atomic E-state index is -0.531. The number of imide groups is 1. The van der Waals surface area contributed by atoms with Crippen LogP contribution < -0.4 is 0 Å². The molecule has 0 saturated heterocycles. The first-order valence-corrected chi connectivity index (χ1v) is 6.92. The molecular formula is C17H17NO4. The molecule has 114 valence electrons. The highest BCUT2D eigenvalue weighted by Gasteiger charge is 2.30. The predicted octanol–water partition coefficient (Wildman–Crippen LogP) is 1.64. The fourth-order valence-corrected chi connectivity index (χ4v) is 2.07. The van der Waals surface area contributed by atoms with Gasteiger partial charge in [-0.3, -0.25) is 14.5 Å². The Morgan fingerprint density at radius 2 is 1.91 bits per heavy atom. The van der Waals surface area contributed by atoms with Crippen molar-refractivity contribution in [3.05, 3.63) is 59.7 Å². The number of carbonyl (C=O) groups excluding carboxylic acids is 3. The summed E-state index contributed by atoms with van der Waals surface area (Å²) in [4.78, 5) is 36.4. The Labute approximate surface area is 128 Å². The molecule has 0 radical (unpaired) electrons. The largest absolute Gasteiger partial charge is 0.460 e. The molecule has 0 fully saturated rings. The van der Waals surface area contributed by atoms with E-state index in [1.54, 1.807) is 0 Å². The van der Waals surface area contributed by atoms with Crippen LogP contribution in [0.3, 0.4) is 0 Å². The van der Waals surface area contributed by atoms with E-state index >= 15 is 0 Å². The Bertz CT molecular complexity index is 646. The Kier molecular flexibility index (Phi) is 4.88. The van der Waals surface area contributed by atoms with Crippen LogP contribution in [0.4, 0.5) is 0 Å². The zero-order valence-corrected chi connectivity index (χ0v) is 12.4. The van der Waals surface area contributed by atoms with Gasteiger partial charge in [-0.05, 0) is 12.5 Å². The molecule has 0 unspecified atom stereocenters. The van der Waals surface area contributed by atoms with E-state index in [2.05, 4.69) is 6.58 Å². The topological polar surface area (TPSA) is 63.7 Å².